The predicted molar refractivity (Wildman–Crippen MR) is 78.3 cm³/mol. The Hall–Kier alpha value is -1.35. The molecule has 104 valence electrons. The largest absolute Gasteiger partial charge is 0.325 e. The summed E-state index contributed by atoms with van der Waals surface area (Å²) in [6, 6.07) is 9.77. The number of rotatable bonds is 3. The van der Waals surface area contributed by atoms with Gasteiger partial charge in [-0.1, -0.05) is 24.6 Å². The van der Waals surface area contributed by atoms with Crippen LogP contribution in [0.3, 0.4) is 0 Å². The second-order valence-corrected chi connectivity index (χ2v) is 5.50. The van der Waals surface area contributed by atoms with E-state index in [-0.39, 0.29) is 11.9 Å². The van der Waals surface area contributed by atoms with E-state index in [1.807, 2.05) is 30.3 Å². The number of benzene rings is 1. The molecule has 0 bridgehead atoms. The van der Waals surface area contributed by atoms with Crippen molar-refractivity contribution in [1.29, 1.82) is 0 Å². The van der Waals surface area contributed by atoms with Gasteiger partial charge in [0.2, 0.25) is 0 Å². The third kappa shape index (κ3) is 4.35. The van der Waals surface area contributed by atoms with Gasteiger partial charge in [0, 0.05) is 5.69 Å². The third-order valence-corrected chi connectivity index (χ3v) is 4.04. The van der Waals surface area contributed by atoms with Crippen LogP contribution in [-0.2, 0) is 4.79 Å². The Labute approximate surface area is 116 Å². The molecule has 1 atom stereocenters. The molecule has 1 saturated heterocycles. The van der Waals surface area contributed by atoms with Crippen LogP contribution in [0.5, 0.6) is 0 Å². The Bertz CT molecular complexity index is 383. The summed E-state index contributed by atoms with van der Waals surface area (Å²) in [5, 5.41) is 3.02. The number of hydrogen-bond donors (Lipinski definition) is 2. The highest BCUT2D eigenvalue weighted by Crippen LogP contribution is 2.06. The summed E-state index contributed by atoms with van der Waals surface area (Å²) < 4.78 is 0. The van der Waals surface area contributed by atoms with E-state index in [4.69, 9.17) is 0 Å². The number of hydrogen-bond acceptors (Lipinski definition) is 1. The van der Waals surface area contributed by atoms with E-state index in [2.05, 4.69) is 12.2 Å². The van der Waals surface area contributed by atoms with Crippen LogP contribution >= 0.6 is 0 Å². The van der Waals surface area contributed by atoms with Crippen LogP contribution in [0.2, 0.25) is 0 Å². The Morgan fingerprint density at radius 3 is 2.26 bits per heavy atom. The fourth-order valence-electron chi connectivity index (χ4n) is 2.75. The number of carbonyl (C=O) groups is 1. The average Bonchev–Trinajstić information content (AvgIpc) is 2.39. The molecule has 0 saturated carbocycles. The minimum absolute atomic E-state index is 0.0401. The zero-order chi connectivity index (χ0) is 13.5. The van der Waals surface area contributed by atoms with E-state index in [9.17, 15) is 4.79 Å². The minimum Gasteiger partial charge on any atom is -0.325 e. The Kier molecular flexibility index (Phi) is 5.40. The summed E-state index contributed by atoms with van der Waals surface area (Å²) in [4.78, 5) is 13.7. The lowest BCUT2D eigenvalue weighted by Gasteiger charge is -2.26. The van der Waals surface area contributed by atoms with Crippen LogP contribution in [0, 0.1) is 0 Å². The predicted octanol–water partition coefficient (Wildman–Crippen LogP) is 1.86. The molecule has 19 heavy (non-hydrogen) atoms. The van der Waals surface area contributed by atoms with Crippen molar-refractivity contribution in [3.63, 3.8) is 0 Å². The maximum absolute atomic E-state index is 12.3. The first kappa shape index (κ1) is 14.1. The van der Waals surface area contributed by atoms with Gasteiger partial charge in [-0.15, -0.1) is 0 Å². The molecule has 2 N–H and O–H groups in total. The first-order chi connectivity index (χ1) is 9.27. The molecule has 1 aromatic carbocycles. The summed E-state index contributed by atoms with van der Waals surface area (Å²) in [6.07, 6.45) is 6.49. The second kappa shape index (κ2) is 7.29. The number of quaternary nitrogens is 1. The van der Waals surface area contributed by atoms with Crippen molar-refractivity contribution in [2.75, 3.05) is 18.4 Å². The molecule has 1 aliphatic heterocycles. The van der Waals surface area contributed by atoms with Crippen LogP contribution < -0.4 is 10.2 Å². The number of para-hydroxylation sites is 1. The van der Waals surface area contributed by atoms with Crippen molar-refractivity contribution in [3.8, 4) is 0 Å². The maximum atomic E-state index is 12.3. The first-order valence-corrected chi connectivity index (χ1v) is 7.48. The van der Waals surface area contributed by atoms with E-state index in [1.54, 1.807) is 0 Å². The number of carbonyl (C=O) groups excluding carboxylic acids is 1. The molecular weight excluding hydrogens is 236 g/mol. The summed E-state index contributed by atoms with van der Waals surface area (Å²) >= 11 is 0. The molecule has 0 unspecified atom stereocenters. The molecule has 3 nitrogen and oxygen atoms in total. The van der Waals surface area contributed by atoms with Crippen LogP contribution in [-0.4, -0.2) is 25.0 Å². The summed E-state index contributed by atoms with van der Waals surface area (Å²) in [5.74, 6) is 0.141. The van der Waals surface area contributed by atoms with Crippen molar-refractivity contribution >= 4 is 11.6 Å². The fraction of sp³-hybridized carbons (Fsp3) is 0.562. The molecule has 2 rings (SSSR count). The number of likely N-dealkylation sites (tertiary alicyclic amines) is 1. The normalized spacial score (nSPS) is 19.2. The van der Waals surface area contributed by atoms with Crippen LogP contribution in [0.25, 0.3) is 0 Å². The monoisotopic (exact) mass is 261 g/mol. The molecule has 1 fully saturated rings. The van der Waals surface area contributed by atoms with Crippen LogP contribution in [0.1, 0.15) is 39.0 Å². The van der Waals surface area contributed by atoms with E-state index in [0.717, 1.165) is 18.8 Å². The number of nitrogens with one attached hydrogen (secondary N) is 2. The molecule has 0 radical (unpaired) electrons. The van der Waals surface area contributed by atoms with Gasteiger partial charge >= 0.3 is 0 Å². The third-order valence-electron chi connectivity index (χ3n) is 4.04. The van der Waals surface area contributed by atoms with E-state index in [0.29, 0.717) is 0 Å². The van der Waals surface area contributed by atoms with E-state index >= 15 is 0 Å². The molecule has 0 spiro atoms. The van der Waals surface area contributed by atoms with E-state index in [1.165, 1.54) is 37.0 Å². The zero-order valence-corrected chi connectivity index (χ0v) is 11.8. The molecule has 1 aromatic rings. The smallest absolute Gasteiger partial charge is 0.282 e. The summed E-state index contributed by atoms with van der Waals surface area (Å²) in [7, 11) is 0. The fourth-order valence-corrected chi connectivity index (χ4v) is 2.75. The number of amides is 1. The van der Waals surface area contributed by atoms with Crippen LogP contribution in [0.15, 0.2) is 30.3 Å². The Morgan fingerprint density at radius 1 is 1.05 bits per heavy atom. The highest BCUT2D eigenvalue weighted by Gasteiger charge is 2.25. The second-order valence-electron chi connectivity index (χ2n) is 5.50. The lowest BCUT2D eigenvalue weighted by molar-refractivity contribution is -0.914. The molecular formula is C16H25N2O+. The Morgan fingerprint density at radius 2 is 1.63 bits per heavy atom. The molecule has 1 aliphatic rings. The van der Waals surface area contributed by atoms with Crippen molar-refractivity contribution in [3.05, 3.63) is 30.3 Å². The molecule has 3 heteroatoms. The number of anilines is 1. The van der Waals surface area contributed by atoms with Gasteiger partial charge in [0.05, 0.1) is 13.1 Å². The van der Waals surface area contributed by atoms with E-state index < -0.39 is 0 Å². The topological polar surface area (TPSA) is 33.5 Å². The molecule has 0 aromatic heterocycles. The lowest BCUT2D eigenvalue weighted by Crippen LogP contribution is -3.16. The van der Waals surface area contributed by atoms with Gasteiger partial charge in [0.25, 0.3) is 5.91 Å². The lowest BCUT2D eigenvalue weighted by atomic mass is 10.1. The van der Waals surface area contributed by atoms with Gasteiger partial charge in [-0.2, -0.15) is 0 Å². The van der Waals surface area contributed by atoms with Crippen LogP contribution in [0.4, 0.5) is 5.69 Å². The van der Waals surface area contributed by atoms with Gasteiger partial charge in [0.1, 0.15) is 0 Å². The highest BCUT2D eigenvalue weighted by atomic mass is 16.2. The van der Waals surface area contributed by atoms with Crippen molar-refractivity contribution in [2.45, 2.75) is 45.1 Å². The van der Waals surface area contributed by atoms with Gasteiger partial charge in [0.15, 0.2) is 6.04 Å². The van der Waals surface area contributed by atoms with Crippen molar-refractivity contribution in [2.24, 2.45) is 0 Å². The SMILES string of the molecule is C[C@@H](C(=O)Nc1ccccc1)[NH+]1CCCCCCC1. The van der Waals surface area contributed by atoms with Gasteiger partial charge < -0.3 is 10.2 Å². The minimum atomic E-state index is 0.0401. The zero-order valence-electron chi connectivity index (χ0n) is 11.8. The van der Waals surface area contributed by atoms with Crippen molar-refractivity contribution < 1.29 is 9.69 Å². The van der Waals surface area contributed by atoms with Crippen molar-refractivity contribution in [1.82, 2.24) is 0 Å². The quantitative estimate of drug-likeness (QED) is 0.855. The molecule has 1 heterocycles. The molecule has 1 amide bonds. The Balaban J connectivity index is 1.90. The summed E-state index contributed by atoms with van der Waals surface area (Å²) in [5.41, 5.74) is 0.894. The average molecular weight is 261 g/mol. The maximum Gasteiger partial charge on any atom is 0.282 e. The van der Waals surface area contributed by atoms with Gasteiger partial charge in [-0.3, -0.25) is 4.79 Å². The summed E-state index contributed by atoms with van der Waals surface area (Å²) in [6.45, 7) is 4.31. The standard InChI is InChI=1S/C16H24N2O/c1-14(18-12-8-3-2-4-9-13-18)16(19)17-15-10-6-5-7-11-15/h5-7,10-11,14H,2-4,8-9,12-13H2,1H3,(H,17,19)/p+1/t14-/m0/s1. The van der Waals surface area contributed by atoms with Gasteiger partial charge in [-0.05, 0) is 44.7 Å². The highest BCUT2D eigenvalue weighted by molar-refractivity contribution is 5.93. The van der Waals surface area contributed by atoms with Gasteiger partial charge in [-0.25, -0.2) is 0 Å². The molecule has 0 aliphatic carbocycles. The first-order valence-electron chi connectivity index (χ1n) is 7.48.